The molecule has 1 fully saturated rings. The first-order valence-electron chi connectivity index (χ1n) is 12.2. The Morgan fingerprint density at radius 2 is 2.03 bits per heavy atom. The van der Waals surface area contributed by atoms with Gasteiger partial charge in [0, 0.05) is 18.7 Å². The maximum Gasteiger partial charge on any atom is 0.165 e. The predicted octanol–water partition coefficient (Wildman–Crippen LogP) is 2.99. The summed E-state index contributed by atoms with van der Waals surface area (Å²) in [6.45, 7) is 3.64. The summed E-state index contributed by atoms with van der Waals surface area (Å²) in [6.07, 6.45) is 6.57. The van der Waals surface area contributed by atoms with Crippen molar-refractivity contribution in [2.45, 2.75) is 31.8 Å². The van der Waals surface area contributed by atoms with Gasteiger partial charge in [-0.1, -0.05) is 5.16 Å². The van der Waals surface area contributed by atoms with Gasteiger partial charge >= 0.3 is 0 Å². The van der Waals surface area contributed by atoms with Crippen molar-refractivity contribution < 1.29 is 14.0 Å². The summed E-state index contributed by atoms with van der Waals surface area (Å²) < 4.78 is 21.5. The van der Waals surface area contributed by atoms with E-state index < -0.39 is 11.4 Å². The predicted molar refractivity (Wildman–Crippen MR) is 144 cm³/mol. The standard InChI is InChI=1S/C26H30FN9O2/c1-16(34-38-3)26(29)7-4-8-35(13-26)21-11-30-20(17-5-6-22(37-2)19(27)9-17)10-18(21)12-36-15-33-23-24(28)31-14-32-25(23)36/h5-6,9-11,14-15H,4,7-8,12-13,29H2,1-3H3,(H2,28,31,32)/b34-16+. The number of piperidine rings is 1. The number of oxime groups is 1. The maximum absolute atomic E-state index is 14.5. The Kier molecular flexibility index (Phi) is 6.81. The largest absolute Gasteiger partial charge is 0.494 e. The van der Waals surface area contributed by atoms with Crippen LogP contribution in [-0.2, 0) is 11.4 Å². The highest BCUT2D eigenvalue weighted by Crippen LogP contribution is 2.32. The van der Waals surface area contributed by atoms with Crippen molar-refractivity contribution in [3.05, 3.63) is 54.5 Å². The van der Waals surface area contributed by atoms with E-state index in [9.17, 15) is 4.39 Å². The van der Waals surface area contributed by atoms with Crippen molar-refractivity contribution in [1.29, 1.82) is 0 Å². The first kappa shape index (κ1) is 25.3. The topological polar surface area (TPSA) is 143 Å². The number of ether oxygens (including phenoxy) is 1. The number of rotatable bonds is 7. The van der Waals surface area contributed by atoms with E-state index in [4.69, 9.17) is 26.0 Å². The van der Waals surface area contributed by atoms with Crippen molar-refractivity contribution in [2.75, 3.05) is 37.9 Å². The minimum Gasteiger partial charge on any atom is -0.494 e. The molecule has 4 N–H and O–H groups in total. The number of hydrogen-bond acceptors (Lipinski definition) is 10. The number of nitrogens with two attached hydrogens (primary N) is 2. The second-order valence-electron chi connectivity index (χ2n) is 9.39. The van der Waals surface area contributed by atoms with Gasteiger partial charge in [-0.25, -0.2) is 19.3 Å². The maximum atomic E-state index is 14.5. The van der Waals surface area contributed by atoms with Crippen LogP contribution >= 0.6 is 0 Å². The number of imidazole rings is 1. The molecule has 1 aliphatic heterocycles. The number of fused-ring (bicyclic) bond motifs is 1. The molecule has 4 heterocycles. The molecule has 0 bridgehead atoms. The fourth-order valence-corrected chi connectivity index (χ4v) is 4.90. The number of benzene rings is 1. The van der Waals surface area contributed by atoms with E-state index in [1.807, 2.05) is 23.8 Å². The SMILES string of the molecule is CO/N=C(\C)C1(N)CCCN(c2cnc(-c3ccc(OC)c(F)c3)cc2Cn2cnc3c(N)ncnc32)C1. The van der Waals surface area contributed by atoms with Crippen molar-refractivity contribution in [2.24, 2.45) is 10.9 Å². The highest BCUT2D eigenvalue weighted by Gasteiger charge is 2.36. The minimum atomic E-state index is -0.646. The third-order valence-corrected chi connectivity index (χ3v) is 7.00. The highest BCUT2D eigenvalue weighted by atomic mass is 19.1. The molecule has 0 aliphatic carbocycles. The van der Waals surface area contributed by atoms with Gasteiger partial charge in [0.15, 0.2) is 23.0 Å². The molecule has 1 unspecified atom stereocenters. The summed E-state index contributed by atoms with van der Waals surface area (Å²) in [6, 6.07) is 6.75. The van der Waals surface area contributed by atoms with Crippen molar-refractivity contribution in [3.8, 4) is 17.0 Å². The first-order valence-corrected chi connectivity index (χ1v) is 12.2. The van der Waals surface area contributed by atoms with Crippen LogP contribution in [-0.4, -0.2) is 63.1 Å². The Morgan fingerprint density at radius 1 is 1.18 bits per heavy atom. The van der Waals surface area contributed by atoms with Gasteiger partial charge in [0.1, 0.15) is 19.0 Å². The normalized spacial score (nSPS) is 18.1. The van der Waals surface area contributed by atoms with Crippen LogP contribution in [0.3, 0.4) is 0 Å². The van der Waals surface area contributed by atoms with Crippen molar-refractivity contribution >= 4 is 28.4 Å². The van der Waals surface area contributed by atoms with Gasteiger partial charge in [-0.05, 0) is 49.6 Å². The van der Waals surface area contributed by atoms with Crippen LogP contribution in [0, 0.1) is 5.82 Å². The summed E-state index contributed by atoms with van der Waals surface area (Å²) in [7, 11) is 2.95. The van der Waals surface area contributed by atoms with Crippen LogP contribution in [0.1, 0.15) is 25.3 Å². The molecular formula is C26H30FN9O2. The van der Waals surface area contributed by atoms with Crippen LogP contribution in [0.2, 0.25) is 0 Å². The third kappa shape index (κ3) is 4.70. The lowest BCUT2D eigenvalue weighted by atomic mass is 9.85. The van der Waals surface area contributed by atoms with Crippen molar-refractivity contribution in [1.82, 2.24) is 24.5 Å². The number of halogens is 1. The molecule has 5 rings (SSSR count). The molecule has 0 saturated carbocycles. The molecule has 198 valence electrons. The van der Waals surface area contributed by atoms with E-state index in [1.54, 1.807) is 18.5 Å². The molecule has 1 aliphatic rings. The van der Waals surface area contributed by atoms with Crippen LogP contribution < -0.4 is 21.1 Å². The molecular weight excluding hydrogens is 489 g/mol. The molecule has 0 spiro atoms. The lowest BCUT2D eigenvalue weighted by Gasteiger charge is -2.41. The summed E-state index contributed by atoms with van der Waals surface area (Å²) in [5, 5.41) is 4.12. The van der Waals surface area contributed by atoms with Crippen LogP contribution in [0.15, 0.2) is 48.3 Å². The van der Waals surface area contributed by atoms with Gasteiger partial charge in [0.05, 0.1) is 48.8 Å². The number of nitrogens with zero attached hydrogens (tertiary/aromatic N) is 7. The van der Waals surface area contributed by atoms with Gasteiger partial charge in [0.25, 0.3) is 0 Å². The summed E-state index contributed by atoms with van der Waals surface area (Å²) in [4.78, 5) is 24.7. The zero-order chi connectivity index (χ0) is 26.9. The van der Waals surface area contributed by atoms with Crippen LogP contribution in [0.4, 0.5) is 15.9 Å². The highest BCUT2D eigenvalue weighted by molar-refractivity contribution is 5.92. The average Bonchev–Trinajstić information content (AvgIpc) is 3.32. The zero-order valence-corrected chi connectivity index (χ0v) is 21.6. The Bertz CT molecular complexity index is 1510. The Labute approximate surface area is 219 Å². The molecule has 12 heteroatoms. The van der Waals surface area contributed by atoms with Gasteiger partial charge in [-0.2, -0.15) is 0 Å². The Hall–Kier alpha value is -4.32. The average molecular weight is 520 g/mol. The summed E-state index contributed by atoms with van der Waals surface area (Å²) in [5.74, 6) is 0.0328. The zero-order valence-electron chi connectivity index (χ0n) is 21.6. The Morgan fingerprint density at radius 3 is 2.79 bits per heavy atom. The number of hydrogen-bond donors (Lipinski definition) is 2. The third-order valence-electron chi connectivity index (χ3n) is 7.00. The first-order chi connectivity index (χ1) is 18.3. The monoisotopic (exact) mass is 519 g/mol. The molecule has 1 atom stereocenters. The van der Waals surface area contributed by atoms with Crippen LogP contribution in [0.25, 0.3) is 22.4 Å². The lowest BCUT2D eigenvalue weighted by Crippen LogP contribution is -2.59. The molecule has 38 heavy (non-hydrogen) atoms. The van der Waals surface area contributed by atoms with E-state index in [-0.39, 0.29) is 5.75 Å². The van der Waals surface area contributed by atoms with Gasteiger partial charge in [-0.3, -0.25) is 4.98 Å². The smallest absolute Gasteiger partial charge is 0.165 e. The number of anilines is 2. The number of methoxy groups -OCH3 is 1. The second-order valence-corrected chi connectivity index (χ2v) is 9.39. The summed E-state index contributed by atoms with van der Waals surface area (Å²) >= 11 is 0. The van der Waals surface area contributed by atoms with E-state index in [0.717, 1.165) is 36.3 Å². The van der Waals surface area contributed by atoms with Gasteiger partial charge in [0.2, 0.25) is 0 Å². The lowest BCUT2D eigenvalue weighted by molar-refractivity contribution is 0.208. The Balaban J connectivity index is 1.58. The van der Waals surface area contributed by atoms with Crippen LogP contribution in [0.5, 0.6) is 5.75 Å². The molecule has 1 aromatic carbocycles. The van der Waals surface area contributed by atoms with E-state index in [2.05, 4.69) is 25.0 Å². The van der Waals surface area contributed by atoms with E-state index in [0.29, 0.717) is 41.3 Å². The molecule has 1 saturated heterocycles. The molecule has 0 amide bonds. The molecule has 4 aromatic rings. The van der Waals surface area contributed by atoms with Gasteiger partial charge in [-0.15, -0.1) is 0 Å². The van der Waals surface area contributed by atoms with E-state index >= 15 is 0 Å². The summed E-state index contributed by atoms with van der Waals surface area (Å²) in [5.41, 5.74) is 17.1. The second kappa shape index (κ2) is 10.2. The number of nitrogen functional groups attached to an aromatic ring is 1. The molecule has 0 radical (unpaired) electrons. The number of pyridine rings is 1. The molecule has 3 aromatic heterocycles. The molecule has 11 nitrogen and oxygen atoms in total. The fraction of sp³-hybridized carbons (Fsp3) is 0.346. The van der Waals surface area contributed by atoms with Gasteiger partial charge < -0.3 is 30.5 Å². The quantitative estimate of drug-likeness (QED) is 0.278. The van der Waals surface area contributed by atoms with E-state index in [1.165, 1.54) is 26.6 Å². The number of aromatic nitrogens is 5. The van der Waals surface area contributed by atoms with Crippen molar-refractivity contribution in [3.63, 3.8) is 0 Å². The fourth-order valence-electron chi connectivity index (χ4n) is 4.90. The minimum absolute atomic E-state index is 0.174.